The van der Waals surface area contributed by atoms with Crippen LogP contribution >= 0.6 is 0 Å². The normalized spacial score (nSPS) is 11.4. The van der Waals surface area contributed by atoms with Gasteiger partial charge in [-0.15, -0.1) is 0 Å². The molecule has 0 bridgehead atoms. The average molecular weight is 371 g/mol. The molecule has 10 heteroatoms. The third kappa shape index (κ3) is 5.33. The molecule has 0 aliphatic carbocycles. The molecule has 25 heavy (non-hydrogen) atoms. The van der Waals surface area contributed by atoms with E-state index in [2.05, 4.69) is 25.3 Å². The van der Waals surface area contributed by atoms with Gasteiger partial charge in [-0.25, -0.2) is 26.9 Å². The van der Waals surface area contributed by atoms with Crippen molar-refractivity contribution in [2.24, 2.45) is 0 Å². The lowest BCUT2D eigenvalue weighted by Crippen LogP contribution is -2.29. The van der Waals surface area contributed by atoms with Crippen LogP contribution in [-0.2, 0) is 10.0 Å². The third-order valence-corrected chi connectivity index (χ3v) is 4.57. The molecule has 3 N–H and O–H groups in total. The van der Waals surface area contributed by atoms with Crippen molar-refractivity contribution < 1.29 is 17.2 Å². The van der Waals surface area contributed by atoms with Gasteiger partial charge in [-0.3, -0.25) is 0 Å². The van der Waals surface area contributed by atoms with Crippen LogP contribution in [0.1, 0.15) is 12.6 Å². The topological polar surface area (TPSA) is 96.0 Å². The van der Waals surface area contributed by atoms with Gasteiger partial charge >= 0.3 is 0 Å². The van der Waals surface area contributed by atoms with Crippen molar-refractivity contribution in [1.29, 1.82) is 0 Å². The van der Waals surface area contributed by atoms with Crippen LogP contribution in [0.5, 0.6) is 0 Å². The van der Waals surface area contributed by atoms with E-state index in [1.165, 1.54) is 0 Å². The Morgan fingerprint density at radius 3 is 2.48 bits per heavy atom. The zero-order valence-corrected chi connectivity index (χ0v) is 14.6. The van der Waals surface area contributed by atoms with E-state index in [1.807, 2.05) is 13.8 Å². The molecule has 7 nitrogen and oxygen atoms in total. The summed E-state index contributed by atoms with van der Waals surface area (Å²) in [6.07, 6.45) is 0. The van der Waals surface area contributed by atoms with Crippen LogP contribution in [0.25, 0.3) is 0 Å². The second-order valence-electron chi connectivity index (χ2n) is 5.15. The van der Waals surface area contributed by atoms with Gasteiger partial charge in [-0.1, -0.05) is 0 Å². The van der Waals surface area contributed by atoms with E-state index in [0.29, 0.717) is 24.4 Å². The van der Waals surface area contributed by atoms with E-state index >= 15 is 0 Å². The van der Waals surface area contributed by atoms with Crippen LogP contribution in [0.2, 0.25) is 0 Å². The molecule has 1 heterocycles. The van der Waals surface area contributed by atoms with Gasteiger partial charge in [0, 0.05) is 31.4 Å². The van der Waals surface area contributed by atoms with E-state index in [4.69, 9.17) is 0 Å². The molecule has 0 spiro atoms. The summed E-state index contributed by atoms with van der Waals surface area (Å²) in [6.45, 7) is 4.72. The monoisotopic (exact) mass is 371 g/mol. The quantitative estimate of drug-likeness (QED) is 0.613. The fraction of sp³-hybridized carbons (Fsp3) is 0.333. The Morgan fingerprint density at radius 2 is 1.80 bits per heavy atom. The van der Waals surface area contributed by atoms with Gasteiger partial charge in [0.15, 0.2) is 11.6 Å². The predicted octanol–water partition coefficient (Wildman–Crippen LogP) is 1.89. The van der Waals surface area contributed by atoms with Crippen molar-refractivity contribution in [3.8, 4) is 0 Å². The molecule has 1 aromatic heterocycles. The highest BCUT2D eigenvalue weighted by atomic mass is 32.2. The van der Waals surface area contributed by atoms with E-state index in [-0.39, 0.29) is 18.0 Å². The molecule has 0 saturated heterocycles. The van der Waals surface area contributed by atoms with Crippen LogP contribution in [0, 0.1) is 18.6 Å². The molecule has 0 atom stereocenters. The molecule has 0 radical (unpaired) electrons. The lowest BCUT2D eigenvalue weighted by Gasteiger charge is -2.10. The molecular weight excluding hydrogens is 352 g/mol. The number of aryl methyl sites for hydroxylation is 1. The van der Waals surface area contributed by atoms with Crippen LogP contribution < -0.4 is 15.4 Å². The maximum absolute atomic E-state index is 13.2. The summed E-state index contributed by atoms with van der Waals surface area (Å²) in [5.74, 6) is -1.28. The highest BCUT2D eigenvalue weighted by Gasteiger charge is 2.15. The standard InChI is InChI=1S/C15H19F2N5O2S/c1-3-18-15-21-10(2)8-14(22-15)19-6-7-20-25(23,24)11-4-5-12(16)13(17)9-11/h4-5,8-9,20H,3,6-7H2,1-2H3,(H2,18,19,21,22). The number of rotatable bonds is 8. The molecule has 0 amide bonds. The van der Waals surface area contributed by atoms with E-state index in [0.717, 1.165) is 17.8 Å². The first-order valence-corrected chi connectivity index (χ1v) is 9.08. The van der Waals surface area contributed by atoms with Gasteiger partial charge in [0.05, 0.1) is 4.90 Å². The summed E-state index contributed by atoms with van der Waals surface area (Å²) >= 11 is 0. The molecule has 0 aliphatic heterocycles. The zero-order chi connectivity index (χ0) is 18.4. The minimum atomic E-state index is -3.92. The number of nitrogens with zero attached hydrogens (tertiary/aromatic N) is 2. The van der Waals surface area contributed by atoms with Crippen LogP contribution in [0.4, 0.5) is 20.5 Å². The van der Waals surface area contributed by atoms with Gasteiger partial charge in [0.25, 0.3) is 0 Å². The molecule has 0 aliphatic rings. The fourth-order valence-corrected chi connectivity index (χ4v) is 3.04. The molecule has 1 aromatic carbocycles. The highest BCUT2D eigenvalue weighted by molar-refractivity contribution is 7.89. The third-order valence-electron chi connectivity index (χ3n) is 3.11. The number of halogens is 2. The van der Waals surface area contributed by atoms with Crippen LogP contribution in [0.15, 0.2) is 29.2 Å². The Labute approximate surface area is 144 Å². The van der Waals surface area contributed by atoms with Crippen molar-refractivity contribution in [2.75, 3.05) is 30.3 Å². The van der Waals surface area contributed by atoms with Gasteiger partial charge in [-0.05, 0) is 32.0 Å². The Kier molecular flexibility index (Phi) is 6.21. The summed E-state index contributed by atoms with van der Waals surface area (Å²) in [6, 6.07) is 4.14. The predicted molar refractivity (Wildman–Crippen MR) is 91.0 cm³/mol. The van der Waals surface area contributed by atoms with Gasteiger partial charge < -0.3 is 10.6 Å². The van der Waals surface area contributed by atoms with Gasteiger partial charge in [0.1, 0.15) is 5.82 Å². The lowest BCUT2D eigenvalue weighted by atomic mass is 10.3. The summed E-state index contributed by atoms with van der Waals surface area (Å²) in [4.78, 5) is 8.11. The molecule has 136 valence electrons. The van der Waals surface area contributed by atoms with E-state index in [9.17, 15) is 17.2 Å². The maximum Gasteiger partial charge on any atom is 0.240 e. The minimum Gasteiger partial charge on any atom is -0.369 e. The van der Waals surface area contributed by atoms with E-state index in [1.54, 1.807) is 6.07 Å². The Balaban J connectivity index is 1.93. The first-order chi connectivity index (χ1) is 11.8. The number of aromatic nitrogens is 2. The summed E-state index contributed by atoms with van der Waals surface area (Å²) in [7, 11) is -3.92. The molecule has 0 saturated carbocycles. The van der Waals surface area contributed by atoms with Crippen molar-refractivity contribution in [1.82, 2.24) is 14.7 Å². The minimum absolute atomic E-state index is 0.0426. The smallest absolute Gasteiger partial charge is 0.240 e. The van der Waals surface area contributed by atoms with Crippen LogP contribution in [-0.4, -0.2) is 38.0 Å². The molecule has 2 rings (SSSR count). The van der Waals surface area contributed by atoms with Crippen LogP contribution in [0.3, 0.4) is 0 Å². The summed E-state index contributed by atoms with van der Waals surface area (Å²) < 4.78 is 52.4. The Hall–Kier alpha value is -2.33. The van der Waals surface area contributed by atoms with Crippen molar-refractivity contribution in [2.45, 2.75) is 18.7 Å². The second kappa shape index (κ2) is 8.17. The highest BCUT2D eigenvalue weighted by Crippen LogP contribution is 2.13. The number of sulfonamides is 1. The maximum atomic E-state index is 13.2. The fourth-order valence-electron chi connectivity index (χ4n) is 2.00. The molecule has 0 unspecified atom stereocenters. The zero-order valence-electron chi connectivity index (χ0n) is 13.8. The number of hydrogen-bond donors (Lipinski definition) is 3. The molecule has 2 aromatic rings. The number of hydrogen-bond acceptors (Lipinski definition) is 6. The van der Waals surface area contributed by atoms with Crippen molar-refractivity contribution >= 4 is 21.8 Å². The van der Waals surface area contributed by atoms with Gasteiger partial charge in [0.2, 0.25) is 16.0 Å². The molecular formula is C15H19F2N5O2S. The first-order valence-electron chi connectivity index (χ1n) is 7.60. The van der Waals surface area contributed by atoms with Gasteiger partial charge in [-0.2, -0.15) is 4.98 Å². The number of nitrogens with one attached hydrogen (secondary N) is 3. The number of benzene rings is 1. The molecule has 0 fully saturated rings. The average Bonchev–Trinajstić information content (AvgIpc) is 2.54. The summed E-state index contributed by atoms with van der Waals surface area (Å²) in [5, 5.41) is 5.97. The number of anilines is 2. The van der Waals surface area contributed by atoms with Crippen molar-refractivity contribution in [3.63, 3.8) is 0 Å². The largest absolute Gasteiger partial charge is 0.369 e. The summed E-state index contributed by atoms with van der Waals surface area (Å²) in [5.41, 5.74) is 0.760. The Bertz CT molecular complexity index is 846. The SMILES string of the molecule is CCNc1nc(C)cc(NCCNS(=O)(=O)c2ccc(F)c(F)c2)n1. The van der Waals surface area contributed by atoms with Crippen molar-refractivity contribution in [3.05, 3.63) is 41.6 Å². The first kappa shape index (κ1) is 19.0. The Morgan fingerprint density at radius 1 is 1.04 bits per heavy atom. The second-order valence-corrected chi connectivity index (χ2v) is 6.92. The van der Waals surface area contributed by atoms with E-state index < -0.39 is 21.7 Å². The lowest BCUT2D eigenvalue weighted by molar-refractivity contribution is 0.504.